The van der Waals surface area contributed by atoms with Crippen molar-refractivity contribution in [1.29, 1.82) is 0 Å². The molecule has 0 aliphatic rings. The van der Waals surface area contributed by atoms with E-state index in [4.69, 9.17) is 5.73 Å². The summed E-state index contributed by atoms with van der Waals surface area (Å²) in [5.41, 5.74) is 6.96. The van der Waals surface area contributed by atoms with E-state index in [0.717, 1.165) is 0 Å². The molecule has 1 amide bonds. The molecule has 0 spiro atoms. The fourth-order valence-corrected chi connectivity index (χ4v) is 1.31. The number of primary amides is 1. The van der Waals surface area contributed by atoms with Gasteiger partial charge in [0.15, 0.2) is 0 Å². The van der Waals surface area contributed by atoms with Crippen molar-refractivity contribution in [3.63, 3.8) is 0 Å². The van der Waals surface area contributed by atoms with Gasteiger partial charge in [-0.15, -0.1) is 0 Å². The summed E-state index contributed by atoms with van der Waals surface area (Å²) in [5, 5.41) is 0. The van der Waals surface area contributed by atoms with Crippen molar-refractivity contribution >= 4 is 5.91 Å². The third kappa shape index (κ3) is 2.73. The van der Waals surface area contributed by atoms with E-state index in [1.54, 1.807) is 6.92 Å². The Kier molecular flexibility index (Phi) is 3.46. The normalized spacial score (nSPS) is 13.7. The first kappa shape index (κ1) is 10.5. The minimum Gasteiger partial charge on any atom is -0.366 e. The molecule has 0 saturated carbocycles. The summed E-state index contributed by atoms with van der Waals surface area (Å²) >= 11 is 0. The minimum absolute atomic E-state index is 0.226. The first-order valence-electron chi connectivity index (χ1n) is 4.64. The first-order valence-corrected chi connectivity index (χ1v) is 4.64. The summed E-state index contributed by atoms with van der Waals surface area (Å²) in [6, 6.07) is 10.0. The SMILES string of the molecule is CC(=C[C@@H](C)c1ccccc1)C(N)=O. The van der Waals surface area contributed by atoms with Crippen molar-refractivity contribution in [2.24, 2.45) is 5.73 Å². The molecule has 0 heterocycles. The third-order valence-electron chi connectivity index (χ3n) is 2.21. The maximum Gasteiger partial charge on any atom is 0.244 e. The Morgan fingerprint density at radius 2 is 1.93 bits per heavy atom. The molecule has 0 bridgehead atoms. The number of hydrogen-bond donors (Lipinski definition) is 1. The van der Waals surface area contributed by atoms with Gasteiger partial charge in [-0.1, -0.05) is 43.3 Å². The molecule has 14 heavy (non-hydrogen) atoms. The monoisotopic (exact) mass is 189 g/mol. The van der Waals surface area contributed by atoms with E-state index >= 15 is 0 Å². The summed E-state index contributed by atoms with van der Waals surface area (Å²) in [6.07, 6.45) is 1.89. The van der Waals surface area contributed by atoms with Crippen LogP contribution in [0.25, 0.3) is 0 Å². The van der Waals surface area contributed by atoms with Crippen molar-refractivity contribution in [1.82, 2.24) is 0 Å². The summed E-state index contributed by atoms with van der Waals surface area (Å²) < 4.78 is 0. The summed E-state index contributed by atoms with van der Waals surface area (Å²) in [6.45, 7) is 3.78. The molecule has 0 unspecified atom stereocenters. The first-order chi connectivity index (χ1) is 6.61. The van der Waals surface area contributed by atoms with Crippen LogP contribution in [0.5, 0.6) is 0 Å². The molecule has 0 fully saturated rings. The number of hydrogen-bond acceptors (Lipinski definition) is 1. The second-order valence-electron chi connectivity index (χ2n) is 3.41. The van der Waals surface area contributed by atoms with Gasteiger partial charge in [-0.05, 0) is 18.4 Å². The fourth-order valence-electron chi connectivity index (χ4n) is 1.31. The van der Waals surface area contributed by atoms with Crippen LogP contribution in [-0.2, 0) is 4.79 Å². The number of nitrogens with two attached hydrogens (primary N) is 1. The molecule has 2 nitrogen and oxygen atoms in total. The van der Waals surface area contributed by atoms with Crippen LogP contribution in [0.3, 0.4) is 0 Å². The van der Waals surface area contributed by atoms with E-state index in [2.05, 4.69) is 0 Å². The van der Waals surface area contributed by atoms with Crippen LogP contribution >= 0.6 is 0 Å². The van der Waals surface area contributed by atoms with E-state index in [9.17, 15) is 4.79 Å². The van der Waals surface area contributed by atoms with Crippen LogP contribution in [0.4, 0.5) is 0 Å². The molecule has 1 aromatic rings. The molecule has 74 valence electrons. The van der Waals surface area contributed by atoms with Crippen molar-refractivity contribution in [2.45, 2.75) is 19.8 Å². The highest BCUT2D eigenvalue weighted by Crippen LogP contribution is 2.17. The van der Waals surface area contributed by atoms with Gasteiger partial charge in [0, 0.05) is 5.57 Å². The van der Waals surface area contributed by atoms with Gasteiger partial charge >= 0.3 is 0 Å². The lowest BCUT2D eigenvalue weighted by atomic mass is 9.99. The fraction of sp³-hybridized carbons (Fsp3) is 0.250. The van der Waals surface area contributed by atoms with Gasteiger partial charge in [-0.3, -0.25) is 4.79 Å². The van der Waals surface area contributed by atoms with E-state index < -0.39 is 0 Å². The lowest BCUT2D eigenvalue weighted by Gasteiger charge is -2.07. The van der Waals surface area contributed by atoms with E-state index in [1.165, 1.54) is 5.56 Å². The highest BCUT2D eigenvalue weighted by Gasteiger charge is 2.03. The van der Waals surface area contributed by atoms with Crippen LogP contribution in [0.2, 0.25) is 0 Å². The third-order valence-corrected chi connectivity index (χ3v) is 2.21. The van der Waals surface area contributed by atoms with Crippen molar-refractivity contribution < 1.29 is 4.79 Å². The maximum absolute atomic E-state index is 10.8. The lowest BCUT2D eigenvalue weighted by molar-refractivity contribution is -0.114. The number of benzene rings is 1. The van der Waals surface area contributed by atoms with Crippen LogP contribution in [0.1, 0.15) is 25.3 Å². The van der Waals surface area contributed by atoms with Gasteiger partial charge in [-0.25, -0.2) is 0 Å². The molecule has 2 N–H and O–H groups in total. The molecule has 1 atom stereocenters. The zero-order valence-corrected chi connectivity index (χ0v) is 8.53. The largest absolute Gasteiger partial charge is 0.366 e. The molecular weight excluding hydrogens is 174 g/mol. The Bertz CT molecular complexity index is 341. The van der Waals surface area contributed by atoms with Crippen LogP contribution < -0.4 is 5.73 Å². The highest BCUT2D eigenvalue weighted by molar-refractivity contribution is 5.91. The average Bonchev–Trinajstić information content (AvgIpc) is 2.19. The zero-order chi connectivity index (χ0) is 10.6. The molecule has 0 aromatic heterocycles. The number of carbonyl (C=O) groups excluding carboxylic acids is 1. The molecular formula is C12H15NO. The summed E-state index contributed by atoms with van der Waals surface area (Å²) in [4.78, 5) is 10.8. The van der Waals surface area contributed by atoms with Crippen LogP contribution in [0, 0.1) is 0 Å². The van der Waals surface area contributed by atoms with Gasteiger partial charge in [-0.2, -0.15) is 0 Å². The lowest BCUT2D eigenvalue weighted by Crippen LogP contribution is -2.12. The van der Waals surface area contributed by atoms with Crippen LogP contribution in [-0.4, -0.2) is 5.91 Å². The van der Waals surface area contributed by atoms with E-state index in [0.29, 0.717) is 5.57 Å². The van der Waals surface area contributed by atoms with Gasteiger partial charge in [0.2, 0.25) is 5.91 Å². The van der Waals surface area contributed by atoms with Gasteiger partial charge in [0.05, 0.1) is 0 Å². The quantitative estimate of drug-likeness (QED) is 0.728. The minimum atomic E-state index is -0.354. The number of carbonyl (C=O) groups is 1. The zero-order valence-electron chi connectivity index (χ0n) is 8.53. The molecule has 0 saturated heterocycles. The molecule has 1 aromatic carbocycles. The summed E-state index contributed by atoms with van der Waals surface area (Å²) in [5.74, 6) is -0.128. The van der Waals surface area contributed by atoms with Crippen molar-refractivity contribution in [2.75, 3.05) is 0 Å². The van der Waals surface area contributed by atoms with Gasteiger partial charge in [0.25, 0.3) is 0 Å². The van der Waals surface area contributed by atoms with Crippen LogP contribution in [0.15, 0.2) is 42.0 Å². The average molecular weight is 189 g/mol. The van der Waals surface area contributed by atoms with E-state index in [1.807, 2.05) is 43.3 Å². The Balaban J connectivity index is 2.82. The maximum atomic E-state index is 10.8. The Hall–Kier alpha value is -1.57. The number of amides is 1. The Morgan fingerprint density at radius 3 is 2.43 bits per heavy atom. The second-order valence-corrected chi connectivity index (χ2v) is 3.41. The number of rotatable bonds is 3. The predicted octanol–water partition coefficient (Wildman–Crippen LogP) is 2.22. The molecule has 0 aliphatic heterocycles. The second kappa shape index (κ2) is 4.61. The Labute approximate surface area is 84.4 Å². The molecule has 0 aliphatic carbocycles. The molecule has 2 heteroatoms. The van der Waals surface area contributed by atoms with E-state index in [-0.39, 0.29) is 11.8 Å². The standard InChI is InChI=1S/C12H15NO/c1-9(8-10(2)12(13)14)11-6-4-3-5-7-11/h3-9H,1-2H3,(H2,13,14)/t9-/m1/s1. The van der Waals surface area contributed by atoms with Crippen molar-refractivity contribution in [3.8, 4) is 0 Å². The molecule has 1 rings (SSSR count). The smallest absolute Gasteiger partial charge is 0.244 e. The Morgan fingerprint density at radius 1 is 1.36 bits per heavy atom. The topological polar surface area (TPSA) is 43.1 Å². The predicted molar refractivity (Wildman–Crippen MR) is 57.8 cm³/mol. The molecule has 0 radical (unpaired) electrons. The number of allylic oxidation sites excluding steroid dienone is 1. The van der Waals surface area contributed by atoms with Crippen molar-refractivity contribution in [3.05, 3.63) is 47.5 Å². The van der Waals surface area contributed by atoms with Gasteiger partial charge in [0.1, 0.15) is 0 Å². The van der Waals surface area contributed by atoms with Gasteiger partial charge < -0.3 is 5.73 Å². The highest BCUT2D eigenvalue weighted by atomic mass is 16.1. The summed E-state index contributed by atoms with van der Waals surface area (Å²) in [7, 11) is 0.